The number of hydrogen-bond acceptors (Lipinski definition) is 3. The molecule has 3 aromatic heterocycles. The number of pyridine rings is 1. The van der Waals surface area contributed by atoms with Gasteiger partial charge in [-0.25, -0.2) is 14.4 Å². The zero-order chi connectivity index (χ0) is 23.3. The van der Waals surface area contributed by atoms with Crippen LogP contribution in [0.15, 0.2) is 48.9 Å². The zero-order valence-electron chi connectivity index (χ0n) is 19.2. The van der Waals surface area contributed by atoms with Crippen molar-refractivity contribution in [1.82, 2.24) is 23.9 Å². The Kier molecular flexibility index (Phi) is 5.15. The maximum Gasteiger partial charge on any atom is 0.259 e. The summed E-state index contributed by atoms with van der Waals surface area (Å²) in [7, 11) is 1.99. The van der Waals surface area contributed by atoms with Crippen LogP contribution in [0.3, 0.4) is 0 Å². The molecule has 1 aromatic carbocycles. The fourth-order valence-electron chi connectivity index (χ4n) is 4.17. The number of rotatable bonds is 6. The molecule has 172 valence electrons. The van der Waals surface area contributed by atoms with Gasteiger partial charge in [0.25, 0.3) is 5.91 Å². The number of aromatic nitrogens is 5. The first-order valence-electron chi connectivity index (χ1n) is 11.2. The van der Waals surface area contributed by atoms with Crippen LogP contribution >= 0.6 is 0 Å². The summed E-state index contributed by atoms with van der Waals surface area (Å²) in [5.41, 5.74) is 2.82. The summed E-state index contributed by atoms with van der Waals surface area (Å²) in [6.45, 7) is 5.96. The molecule has 0 atom stereocenters. The minimum atomic E-state index is -0.559. The second-order valence-corrected chi connectivity index (χ2v) is 8.96. The third-order valence-corrected chi connectivity index (χ3v) is 6.13. The SMILES string of the molecule is Cc1cc(F)c(C(=O)Nc2cccc(-n3ccnc3C(C)C)n2)cc1-n1cc(C2CC2)n1C.[HH]. The summed E-state index contributed by atoms with van der Waals surface area (Å²) in [6.07, 6.45) is 8.05. The van der Waals surface area contributed by atoms with Gasteiger partial charge in [-0.15, -0.1) is 0 Å². The Balaban J connectivity index is 0.00000274. The molecule has 0 aliphatic heterocycles. The third-order valence-electron chi connectivity index (χ3n) is 6.13. The van der Waals surface area contributed by atoms with Crippen molar-refractivity contribution in [2.45, 2.75) is 45.4 Å². The largest absolute Gasteiger partial charge is 0.306 e. The number of anilines is 1. The Morgan fingerprint density at radius 1 is 1.27 bits per heavy atom. The van der Waals surface area contributed by atoms with Crippen LogP contribution in [0.1, 0.15) is 67.4 Å². The van der Waals surface area contributed by atoms with E-state index in [1.165, 1.54) is 24.6 Å². The van der Waals surface area contributed by atoms with Crippen molar-refractivity contribution in [2.75, 3.05) is 5.32 Å². The first-order valence-corrected chi connectivity index (χ1v) is 11.2. The highest BCUT2D eigenvalue weighted by atomic mass is 19.1. The molecule has 1 fully saturated rings. The fourth-order valence-corrected chi connectivity index (χ4v) is 4.17. The van der Waals surface area contributed by atoms with Crippen molar-refractivity contribution in [3.63, 3.8) is 0 Å². The number of halogens is 1. The third kappa shape index (κ3) is 3.86. The van der Waals surface area contributed by atoms with Gasteiger partial charge in [-0.3, -0.25) is 18.7 Å². The number of carbonyl (C=O) groups excluding carboxylic acids is 1. The van der Waals surface area contributed by atoms with Crippen molar-refractivity contribution < 1.29 is 10.6 Å². The van der Waals surface area contributed by atoms with Gasteiger partial charge in [0.15, 0.2) is 0 Å². The second kappa shape index (κ2) is 8.03. The van der Waals surface area contributed by atoms with Crippen LogP contribution in [0.2, 0.25) is 0 Å². The topological polar surface area (TPSA) is 69.7 Å². The van der Waals surface area contributed by atoms with Gasteiger partial charge < -0.3 is 5.32 Å². The number of benzene rings is 1. The number of nitrogens with zero attached hydrogens (tertiary/aromatic N) is 5. The predicted molar refractivity (Wildman–Crippen MR) is 127 cm³/mol. The molecule has 1 aliphatic rings. The standard InChI is InChI=1S/C25H27FN6O.H2/c1-15(2)24-27-10-11-31(24)23-7-5-6-22(28-23)29-25(33)18-13-20(16(3)12-19(18)26)32-14-21(30(32)4)17-8-9-17;/h5-7,10-15,17H,8-9H2,1-4H3,(H,28,29,33);1H. The van der Waals surface area contributed by atoms with E-state index in [2.05, 4.69) is 40.0 Å². The Morgan fingerprint density at radius 3 is 2.76 bits per heavy atom. The number of amides is 1. The lowest BCUT2D eigenvalue weighted by Gasteiger charge is -2.25. The Labute approximate surface area is 193 Å². The average molecular weight is 449 g/mol. The van der Waals surface area contributed by atoms with Crippen LogP contribution in [0.4, 0.5) is 10.2 Å². The summed E-state index contributed by atoms with van der Waals surface area (Å²) in [4.78, 5) is 21.9. The minimum Gasteiger partial charge on any atom is -0.306 e. The van der Waals surface area contributed by atoms with E-state index in [9.17, 15) is 9.18 Å². The number of nitrogens with one attached hydrogen (secondary N) is 1. The van der Waals surface area contributed by atoms with Crippen LogP contribution in [0, 0.1) is 12.7 Å². The van der Waals surface area contributed by atoms with Crippen molar-refractivity contribution in [3.8, 4) is 11.5 Å². The van der Waals surface area contributed by atoms with Crippen LogP contribution in [0.25, 0.3) is 11.5 Å². The first-order chi connectivity index (χ1) is 15.8. The number of aryl methyl sites for hydroxylation is 1. The number of hydrogen-bond donors (Lipinski definition) is 1. The maximum atomic E-state index is 14.8. The molecule has 0 radical (unpaired) electrons. The van der Waals surface area contributed by atoms with Gasteiger partial charge >= 0.3 is 0 Å². The zero-order valence-corrected chi connectivity index (χ0v) is 19.2. The molecule has 0 bridgehead atoms. The van der Waals surface area contributed by atoms with Gasteiger partial charge in [0, 0.05) is 38.9 Å². The van der Waals surface area contributed by atoms with E-state index >= 15 is 0 Å². The summed E-state index contributed by atoms with van der Waals surface area (Å²) >= 11 is 0. The molecule has 1 amide bonds. The molecule has 0 unspecified atom stereocenters. The van der Waals surface area contributed by atoms with Crippen molar-refractivity contribution in [3.05, 3.63) is 77.4 Å². The number of imidazole rings is 1. The van der Waals surface area contributed by atoms with E-state index in [1.54, 1.807) is 24.4 Å². The van der Waals surface area contributed by atoms with Crippen molar-refractivity contribution in [2.24, 2.45) is 7.05 Å². The molecular formula is C25H29FN6O. The second-order valence-electron chi connectivity index (χ2n) is 8.96. The summed E-state index contributed by atoms with van der Waals surface area (Å²) in [6, 6.07) is 8.35. The quantitative estimate of drug-likeness (QED) is 0.433. The lowest BCUT2D eigenvalue weighted by Crippen LogP contribution is -2.23. The van der Waals surface area contributed by atoms with Gasteiger partial charge in [0.2, 0.25) is 0 Å². The van der Waals surface area contributed by atoms with Gasteiger partial charge in [-0.1, -0.05) is 19.9 Å². The highest BCUT2D eigenvalue weighted by Crippen LogP contribution is 2.41. The van der Waals surface area contributed by atoms with E-state index in [1.807, 2.05) is 35.5 Å². The molecular weight excluding hydrogens is 419 g/mol. The molecule has 7 nitrogen and oxygen atoms in total. The molecule has 1 N–H and O–H groups in total. The fraction of sp³-hybridized carbons (Fsp3) is 0.320. The molecule has 1 saturated carbocycles. The Bertz CT molecular complexity index is 1350. The molecule has 1 aliphatic carbocycles. The highest BCUT2D eigenvalue weighted by molar-refractivity contribution is 6.04. The van der Waals surface area contributed by atoms with Crippen molar-refractivity contribution in [1.29, 1.82) is 0 Å². The normalized spacial score (nSPS) is 13.6. The number of carbonyl (C=O) groups is 1. The van der Waals surface area contributed by atoms with Crippen molar-refractivity contribution >= 4 is 11.7 Å². The molecule has 0 spiro atoms. The minimum absolute atomic E-state index is 0. The molecule has 8 heteroatoms. The van der Waals surface area contributed by atoms with Gasteiger partial charge in [-0.05, 0) is 49.6 Å². The van der Waals surface area contributed by atoms with Crippen LogP contribution in [0.5, 0.6) is 0 Å². The Hall–Kier alpha value is -3.68. The maximum absolute atomic E-state index is 14.8. The van der Waals surface area contributed by atoms with Crippen LogP contribution < -0.4 is 5.32 Å². The van der Waals surface area contributed by atoms with Gasteiger partial charge in [-0.2, -0.15) is 0 Å². The average Bonchev–Trinajstić information content (AvgIpc) is 3.47. The van der Waals surface area contributed by atoms with Crippen LogP contribution in [-0.4, -0.2) is 29.8 Å². The lowest BCUT2D eigenvalue weighted by molar-refractivity contribution is 0.102. The van der Waals surface area contributed by atoms with Gasteiger partial charge in [0.1, 0.15) is 23.3 Å². The van der Waals surface area contributed by atoms with E-state index in [0.717, 1.165) is 17.1 Å². The summed E-state index contributed by atoms with van der Waals surface area (Å²) < 4.78 is 20.7. The smallest absolute Gasteiger partial charge is 0.259 e. The molecule has 0 saturated heterocycles. The predicted octanol–water partition coefficient (Wildman–Crippen LogP) is 5.34. The molecule has 33 heavy (non-hydrogen) atoms. The highest BCUT2D eigenvalue weighted by Gasteiger charge is 2.29. The van der Waals surface area contributed by atoms with E-state index in [0.29, 0.717) is 17.6 Å². The lowest BCUT2D eigenvalue weighted by atomic mass is 10.1. The van der Waals surface area contributed by atoms with Crippen LogP contribution in [-0.2, 0) is 7.05 Å². The molecule has 3 heterocycles. The van der Waals surface area contributed by atoms with E-state index < -0.39 is 11.7 Å². The monoisotopic (exact) mass is 448 g/mol. The summed E-state index contributed by atoms with van der Waals surface area (Å²) in [5, 5.41) is 2.75. The Morgan fingerprint density at radius 2 is 2.06 bits per heavy atom. The molecule has 4 aromatic rings. The first kappa shape index (κ1) is 21.2. The van der Waals surface area contributed by atoms with E-state index in [4.69, 9.17) is 0 Å². The molecule has 5 rings (SSSR count). The van der Waals surface area contributed by atoms with E-state index in [-0.39, 0.29) is 12.9 Å². The van der Waals surface area contributed by atoms with Gasteiger partial charge in [0.05, 0.1) is 16.9 Å². The summed E-state index contributed by atoms with van der Waals surface area (Å²) in [5.74, 6) is 1.60.